The van der Waals surface area contributed by atoms with Crippen molar-refractivity contribution in [2.24, 2.45) is 17.8 Å². The fourth-order valence-corrected chi connectivity index (χ4v) is 9.55. The number of aliphatic hydroxyl groups is 1. The van der Waals surface area contributed by atoms with Gasteiger partial charge in [-0.15, -0.1) is 11.3 Å². The van der Waals surface area contributed by atoms with E-state index in [1.54, 1.807) is 11.3 Å². The molecule has 0 spiro atoms. The Labute approximate surface area is 235 Å². The van der Waals surface area contributed by atoms with E-state index in [1.165, 1.54) is 0 Å². The molecule has 5 fully saturated rings. The third-order valence-corrected chi connectivity index (χ3v) is 11.3. The minimum Gasteiger partial charge on any atom is -0.382 e. The summed E-state index contributed by atoms with van der Waals surface area (Å²) >= 11 is 14.8. The van der Waals surface area contributed by atoms with Gasteiger partial charge in [-0.3, -0.25) is 0 Å². The first-order valence-corrected chi connectivity index (χ1v) is 15.2. The monoisotopic (exact) mass is 566 g/mol. The van der Waals surface area contributed by atoms with E-state index in [-0.39, 0.29) is 17.4 Å². The van der Waals surface area contributed by atoms with Gasteiger partial charge in [0.2, 0.25) is 0 Å². The van der Waals surface area contributed by atoms with E-state index >= 15 is 0 Å². The lowest BCUT2D eigenvalue weighted by Gasteiger charge is -2.62. The molecule has 0 saturated heterocycles. The first-order chi connectivity index (χ1) is 18.4. The molecule has 5 nitrogen and oxygen atoms in total. The summed E-state index contributed by atoms with van der Waals surface area (Å²) < 4.78 is 13.9. The van der Waals surface area contributed by atoms with Crippen molar-refractivity contribution in [3.8, 4) is 11.3 Å². The number of aromatic nitrogens is 2. The van der Waals surface area contributed by atoms with Crippen LogP contribution in [0.1, 0.15) is 67.2 Å². The molecule has 2 unspecified atom stereocenters. The summed E-state index contributed by atoms with van der Waals surface area (Å²) in [6.07, 6.45) is 7.01. The molecule has 2 aromatic heterocycles. The standard InChI is InChI=1S/C30H28Cl2N2O3S/c31-21-4-3-5-22(32)25(21)26-20(27(37-34-26)17-8-9-17)15-36-29-12-16-10-18(13-29)30(35,19(11-16)14-29)28-33-23-6-1-2-7-24(23)38-28/h1-7,16-19,35H,8-15H2/t16?,18-,19?,29+,30-/m0/s1. The third-order valence-electron chi connectivity index (χ3n) is 9.50. The first-order valence-electron chi connectivity index (χ1n) is 13.6. The maximum atomic E-state index is 12.2. The van der Waals surface area contributed by atoms with Crippen LogP contribution in [-0.2, 0) is 16.9 Å². The summed E-state index contributed by atoms with van der Waals surface area (Å²) in [4.78, 5) is 4.92. The number of thiazole rings is 1. The number of fused-ring (bicyclic) bond motifs is 1. The topological polar surface area (TPSA) is 68.4 Å². The molecule has 2 heterocycles. The van der Waals surface area contributed by atoms with Crippen molar-refractivity contribution >= 4 is 44.8 Å². The lowest BCUT2D eigenvalue weighted by Crippen LogP contribution is -2.62. The van der Waals surface area contributed by atoms with Crippen molar-refractivity contribution in [3.63, 3.8) is 0 Å². The smallest absolute Gasteiger partial charge is 0.145 e. The average Bonchev–Trinajstić information content (AvgIpc) is 3.50. The Morgan fingerprint density at radius 2 is 1.74 bits per heavy atom. The Hall–Kier alpha value is -1.96. The number of benzene rings is 2. The van der Waals surface area contributed by atoms with Crippen LogP contribution in [0.15, 0.2) is 47.0 Å². The summed E-state index contributed by atoms with van der Waals surface area (Å²) in [5.74, 6) is 2.17. The minimum absolute atomic E-state index is 0.150. The van der Waals surface area contributed by atoms with Crippen LogP contribution in [-0.4, -0.2) is 20.8 Å². The number of rotatable bonds is 6. The summed E-state index contributed by atoms with van der Waals surface area (Å²) in [6.45, 7) is 0.415. The normalized spacial score (nSPS) is 31.9. The van der Waals surface area contributed by atoms with Gasteiger partial charge in [0.15, 0.2) is 0 Å². The van der Waals surface area contributed by atoms with E-state index in [2.05, 4.69) is 11.2 Å². The van der Waals surface area contributed by atoms with E-state index in [0.717, 1.165) is 71.5 Å². The van der Waals surface area contributed by atoms with Gasteiger partial charge < -0.3 is 14.4 Å². The fraction of sp³-hybridized carbons (Fsp3) is 0.467. The highest BCUT2D eigenvalue weighted by molar-refractivity contribution is 7.18. The highest BCUT2D eigenvalue weighted by Gasteiger charge is 2.64. The molecule has 0 radical (unpaired) electrons. The van der Waals surface area contributed by atoms with Crippen LogP contribution in [0.2, 0.25) is 10.0 Å². The molecule has 5 atom stereocenters. The molecule has 1 N–H and O–H groups in total. The zero-order valence-corrected chi connectivity index (χ0v) is 23.2. The Balaban J connectivity index is 1.11. The zero-order valence-electron chi connectivity index (χ0n) is 20.8. The Bertz CT molecular complexity index is 1490. The second-order valence-electron chi connectivity index (χ2n) is 11.9. The Kier molecular flexibility index (Phi) is 5.35. The lowest BCUT2D eigenvalue weighted by atomic mass is 9.48. The van der Waals surface area contributed by atoms with Crippen molar-refractivity contribution < 1.29 is 14.4 Å². The maximum Gasteiger partial charge on any atom is 0.145 e. The number of ether oxygens (including phenoxy) is 1. The first kappa shape index (κ1) is 23.9. The van der Waals surface area contributed by atoms with Gasteiger partial charge in [0.1, 0.15) is 22.1 Å². The van der Waals surface area contributed by atoms with Crippen LogP contribution < -0.4 is 0 Å². The molecule has 4 bridgehead atoms. The van der Waals surface area contributed by atoms with Gasteiger partial charge in [0.05, 0.1) is 32.5 Å². The van der Waals surface area contributed by atoms with Gasteiger partial charge in [-0.2, -0.15) is 0 Å². The minimum atomic E-state index is -0.875. The molecule has 5 saturated carbocycles. The Morgan fingerprint density at radius 1 is 1.00 bits per heavy atom. The second kappa shape index (κ2) is 8.52. The largest absolute Gasteiger partial charge is 0.382 e. The summed E-state index contributed by atoms with van der Waals surface area (Å²) in [5.41, 5.74) is 2.23. The summed E-state index contributed by atoms with van der Waals surface area (Å²) in [6, 6.07) is 13.7. The second-order valence-corrected chi connectivity index (χ2v) is 13.7. The molecule has 8 heteroatoms. The molecule has 4 aromatic rings. The van der Waals surface area contributed by atoms with Gasteiger partial charge >= 0.3 is 0 Å². The van der Waals surface area contributed by atoms with Crippen molar-refractivity contribution in [2.75, 3.05) is 0 Å². The molecule has 9 rings (SSSR count). The van der Waals surface area contributed by atoms with Crippen LogP contribution in [0.4, 0.5) is 0 Å². The molecular weight excluding hydrogens is 539 g/mol. The number of para-hydroxylation sites is 1. The highest BCUT2D eigenvalue weighted by atomic mass is 35.5. The maximum absolute atomic E-state index is 12.2. The summed E-state index contributed by atoms with van der Waals surface area (Å²) in [7, 11) is 0. The van der Waals surface area contributed by atoms with Gasteiger partial charge in [-0.05, 0) is 87.0 Å². The fourth-order valence-electron chi connectivity index (χ4n) is 7.76. The number of hydrogen-bond acceptors (Lipinski definition) is 6. The lowest BCUT2D eigenvalue weighted by molar-refractivity contribution is -0.250. The number of halogens is 2. The molecular formula is C30H28Cl2N2O3S. The van der Waals surface area contributed by atoms with Crippen molar-refractivity contribution in [1.82, 2.24) is 10.1 Å². The molecule has 0 amide bonds. The zero-order chi connectivity index (χ0) is 25.6. The Morgan fingerprint density at radius 3 is 2.45 bits per heavy atom. The molecule has 2 aromatic carbocycles. The van der Waals surface area contributed by atoms with Crippen LogP contribution in [0.5, 0.6) is 0 Å². The van der Waals surface area contributed by atoms with Crippen LogP contribution in [0.3, 0.4) is 0 Å². The highest BCUT2D eigenvalue weighted by Crippen LogP contribution is 2.65. The van der Waals surface area contributed by atoms with Crippen LogP contribution in [0, 0.1) is 17.8 Å². The quantitative estimate of drug-likeness (QED) is 0.255. The summed E-state index contributed by atoms with van der Waals surface area (Å²) in [5, 5.41) is 18.7. The van der Waals surface area contributed by atoms with Gasteiger partial charge in [0.25, 0.3) is 0 Å². The van der Waals surface area contributed by atoms with Crippen molar-refractivity contribution in [3.05, 3.63) is 68.8 Å². The predicted molar refractivity (Wildman–Crippen MR) is 149 cm³/mol. The SMILES string of the molecule is O[C@]1(c2nc3ccccc3s2)C2CC3C[C@H]1C[C@](OCc1c(-c4c(Cl)cccc4Cl)noc1C1CC1)(C3)C2. The average molecular weight is 568 g/mol. The third kappa shape index (κ3) is 3.57. The van der Waals surface area contributed by atoms with Gasteiger partial charge in [0, 0.05) is 17.0 Å². The molecule has 0 aliphatic heterocycles. The predicted octanol–water partition coefficient (Wildman–Crippen LogP) is 8.12. The van der Waals surface area contributed by atoms with E-state index in [1.807, 2.05) is 36.4 Å². The van der Waals surface area contributed by atoms with E-state index in [0.29, 0.717) is 39.7 Å². The van der Waals surface area contributed by atoms with Gasteiger partial charge in [-0.1, -0.05) is 46.6 Å². The van der Waals surface area contributed by atoms with E-state index in [4.69, 9.17) is 37.4 Å². The van der Waals surface area contributed by atoms with Crippen LogP contribution >= 0.6 is 34.5 Å². The van der Waals surface area contributed by atoms with Gasteiger partial charge in [-0.25, -0.2) is 4.98 Å². The molecule has 5 aliphatic rings. The number of nitrogens with zero attached hydrogens (tertiary/aromatic N) is 2. The van der Waals surface area contributed by atoms with E-state index < -0.39 is 5.60 Å². The number of hydrogen-bond donors (Lipinski definition) is 1. The van der Waals surface area contributed by atoms with Crippen molar-refractivity contribution in [2.45, 2.75) is 68.7 Å². The molecule has 5 aliphatic carbocycles. The van der Waals surface area contributed by atoms with E-state index in [9.17, 15) is 5.11 Å². The van der Waals surface area contributed by atoms with Crippen LogP contribution in [0.25, 0.3) is 21.5 Å². The molecule has 196 valence electrons. The van der Waals surface area contributed by atoms with Crippen molar-refractivity contribution in [1.29, 1.82) is 0 Å². The molecule has 38 heavy (non-hydrogen) atoms.